The van der Waals surface area contributed by atoms with Crippen molar-refractivity contribution in [1.29, 1.82) is 0 Å². The molecule has 1 aliphatic carbocycles. The van der Waals surface area contributed by atoms with E-state index in [9.17, 15) is 9.90 Å². The van der Waals surface area contributed by atoms with Gasteiger partial charge in [0.1, 0.15) is 11.8 Å². The van der Waals surface area contributed by atoms with E-state index in [0.717, 1.165) is 17.5 Å². The van der Waals surface area contributed by atoms with Crippen LogP contribution in [0.15, 0.2) is 67.3 Å². The van der Waals surface area contributed by atoms with Gasteiger partial charge in [-0.15, -0.1) is 6.58 Å². The number of hydrogen-bond acceptors (Lipinski definition) is 3. The Bertz CT molecular complexity index is 861. The largest absolute Gasteiger partial charge is 0.382 e. The fourth-order valence-corrected chi connectivity index (χ4v) is 4.53. The standard InChI is InChI=1S/C23H25NO3/c1-4-17(15-10-6-5-7-11-15)21(25)22(26)24-20-18-13-9-8-12-16(18)14-19(20)27-23(24,2)3/h4-13,17,19-21,25H,1,14H2,2-3H3/t17-,19-,20+,21-/m1/s1. The zero-order chi connectivity index (χ0) is 19.2. The second-order valence-corrected chi connectivity index (χ2v) is 7.78. The lowest BCUT2D eigenvalue weighted by Crippen LogP contribution is -2.50. The first-order valence-electron chi connectivity index (χ1n) is 9.38. The van der Waals surface area contributed by atoms with Gasteiger partial charge in [0.25, 0.3) is 5.91 Å². The van der Waals surface area contributed by atoms with Gasteiger partial charge in [0, 0.05) is 12.3 Å². The Morgan fingerprint density at radius 2 is 1.89 bits per heavy atom. The highest BCUT2D eigenvalue weighted by molar-refractivity contribution is 5.84. The number of ether oxygens (including phenoxy) is 1. The Morgan fingerprint density at radius 1 is 1.22 bits per heavy atom. The smallest absolute Gasteiger partial charge is 0.255 e. The van der Waals surface area contributed by atoms with Crippen LogP contribution in [-0.4, -0.2) is 33.8 Å². The summed E-state index contributed by atoms with van der Waals surface area (Å²) in [6, 6.07) is 17.5. The summed E-state index contributed by atoms with van der Waals surface area (Å²) in [6.07, 6.45) is 1.14. The number of fused-ring (bicyclic) bond motifs is 3. The Balaban J connectivity index is 1.68. The molecule has 1 heterocycles. The third-order valence-electron chi connectivity index (χ3n) is 5.71. The lowest BCUT2D eigenvalue weighted by Gasteiger charge is -2.36. The van der Waals surface area contributed by atoms with Gasteiger partial charge in [0.2, 0.25) is 0 Å². The Morgan fingerprint density at radius 3 is 2.59 bits per heavy atom. The second kappa shape index (κ2) is 6.63. The molecule has 1 fully saturated rings. The number of carbonyl (C=O) groups excluding carboxylic acids is 1. The first-order valence-corrected chi connectivity index (χ1v) is 9.38. The number of nitrogens with zero attached hydrogens (tertiary/aromatic N) is 1. The summed E-state index contributed by atoms with van der Waals surface area (Å²) in [5, 5.41) is 11.0. The van der Waals surface area contributed by atoms with Gasteiger partial charge in [0.15, 0.2) is 0 Å². The first kappa shape index (κ1) is 18.0. The summed E-state index contributed by atoms with van der Waals surface area (Å²) in [7, 11) is 0. The van der Waals surface area contributed by atoms with Crippen molar-refractivity contribution in [3.63, 3.8) is 0 Å². The monoisotopic (exact) mass is 363 g/mol. The highest BCUT2D eigenvalue weighted by Crippen LogP contribution is 2.48. The molecular weight excluding hydrogens is 338 g/mol. The van der Waals surface area contributed by atoms with Gasteiger partial charge >= 0.3 is 0 Å². The predicted molar refractivity (Wildman–Crippen MR) is 104 cm³/mol. The average molecular weight is 363 g/mol. The lowest BCUT2D eigenvalue weighted by atomic mass is 9.91. The molecule has 0 saturated carbocycles. The average Bonchev–Trinajstić information content (AvgIpc) is 3.12. The number of benzene rings is 2. The van der Waals surface area contributed by atoms with Crippen LogP contribution < -0.4 is 0 Å². The zero-order valence-electron chi connectivity index (χ0n) is 15.7. The van der Waals surface area contributed by atoms with Gasteiger partial charge in [-0.3, -0.25) is 4.79 Å². The third kappa shape index (κ3) is 2.89. The summed E-state index contributed by atoms with van der Waals surface area (Å²) in [5.41, 5.74) is 2.42. The maximum absolute atomic E-state index is 13.4. The summed E-state index contributed by atoms with van der Waals surface area (Å²) in [6.45, 7) is 7.63. The molecular formula is C23H25NO3. The van der Waals surface area contributed by atoms with Crippen molar-refractivity contribution in [2.75, 3.05) is 0 Å². The zero-order valence-corrected chi connectivity index (χ0v) is 15.7. The Labute approximate surface area is 160 Å². The van der Waals surface area contributed by atoms with Crippen LogP contribution in [0, 0.1) is 0 Å². The van der Waals surface area contributed by atoms with Crippen molar-refractivity contribution in [1.82, 2.24) is 4.90 Å². The highest BCUT2D eigenvalue weighted by atomic mass is 16.5. The molecule has 1 saturated heterocycles. The molecule has 2 aromatic carbocycles. The fourth-order valence-electron chi connectivity index (χ4n) is 4.53. The SMILES string of the molecule is C=C[C@H](c1ccccc1)[C@@H](O)C(=O)N1[C@H]2c3ccccc3C[C@H]2OC1(C)C. The van der Waals surface area contributed by atoms with E-state index in [-0.39, 0.29) is 18.1 Å². The Kier molecular flexibility index (Phi) is 4.41. The first-order chi connectivity index (χ1) is 12.9. The van der Waals surface area contributed by atoms with E-state index in [2.05, 4.69) is 18.7 Å². The normalized spacial score (nSPS) is 24.8. The summed E-state index contributed by atoms with van der Waals surface area (Å²) in [5.74, 6) is -0.789. The molecule has 2 aromatic rings. The van der Waals surface area contributed by atoms with Crippen LogP contribution >= 0.6 is 0 Å². The molecule has 1 aliphatic heterocycles. The van der Waals surface area contributed by atoms with Gasteiger partial charge in [-0.1, -0.05) is 60.7 Å². The number of amides is 1. The van der Waals surface area contributed by atoms with Crippen LogP contribution in [0.2, 0.25) is 0 Å². The van der Waals surface area contributed by atoms with Gasteiger partial charge in [-0.2, -0.15) is 0 Å². The number of rotatable bonds is 4. The molecule has 0 unspecified atom stereocenters. The van der Waals surface area contributed by atoms with Crippen LogP contribution in [-0.2, 0) is 16.0 Å². The van der Waals surface area contributed by atoms with Crippen molar-refractivity contribution in [3.05, 3.63) is 83.9 Å². The minimum Gasteiger partial charge on any atom is -0.382 e. The maximum atomic E-state index is 13.4. The minimum atomic E-state index is -1.21. The van der Waals surface area contributed by atoms with Crippen LogP contribution in [0.25, 0.3) is 0 Å². The molecule has 140 valence electrons. The van der Waals surface area contributed by atoms with E-state index in [0.29, 0.717) is 0 Å². The van der Waals surface area contributed by atoms with Crippen LogP contribution in [0.4, 0.5) is 0 Å². The van der Waals surface area contributed by atoms with Gasteiger partial charge < -0.3 is 14.7 Å². The van der Waals surface area contributed by atoms with Gasteiger partial charge in [-0.05, 0) is 30.5 Å². The number of aliphatic hydroxyl groups is 1. The molecule has 4 heteroatoms. The molecule has 4 rings (SSSR count). The summed E-state index contributed by atoms with van der Waals surface area (Å²) in [4.78, 5) is 15.2. The number of hydrogen-bond donors (Lipinski definition) is 1. The number of carbonyl (C=O) groups is 1. The van der Waals surface area contributed by atoms with Crippen molar-refractivity contribution >= 4 is 5.91 Å². The number of aliphatic hydroxyl groups excluding tert-OH is 1. The van der Waals surface area contributed by atoms with Crippen molar-refractivity contribution in [2.24, 2.45) is 0 Å². The molecule has 1 N–H and O–H groups in total. The van der Waals surface area contributed by atoms with Crippen LogP contribution in [0.1, 0.15) is 42.5 Å². The molecule has 0 spiro atoms. The highest BCUT2D eigenvalue weighted by Gasteiger charge is 2.54. The van der Waals surface area contributed by atoms with E-state index >= 15 is 0 Å². The van der Waals surface area contributed by atoms with E-state index in [4.69, 9.17) is 4.74 Å². The predicted octanol–water partition coefficient (Wildman–Crippen LogP) is 3.58. The molecule has 0 aromatic heterocycles. The summed E-state index contributed by atoms with van der Waals surface area (Å²) >= 11 is 0. The maximum Gasteiger partial charge on any atom is 0.255 e. The van der Waals surface area contributed by atoms with E-state index in [1.165, 1.54) is 5.56 Å². The second-order valence-electron chi connectivity index (χ2n) is 7.78. The fraction of sp³-hybridized carbons (Fsp3) is 0.348. The molecule has 27 heavy (non-hydrogen) atoms. The van der Waals surface area contributed by atoms with Gasteiger partial charge in [0.05, 0.1) is 12.1 Å². The van der Waals surface area contributed by atoms with Crippen molar-refractivity contribution in [2.45, 2.75) is 50.2 Å². The third-order valence-corrected chi connectivity index (χ3v) is 5.71. The van der Waals surface area contributed by atoms with Gasteiger partial charge in [-0.25, -0.2) is 0 Å². The topological polar surface area (TPSA) is 49.8 Å². The lowest BCUT2D eigenvalue weighted by molar-refractivity contribution is -0.157. The summed E-state index contributed by atoms with van der Waals surface area (Å²) < 4.78 is 6.23. The quantitative estimate of drug-likeness (QED) is 0.845. The Hall–Kier alpha value is -2.43. The van der Waals surface area contributed by atoms with E-state index < -0.39 is 17.7 Å². The minimum absolute atomic E-state index is 0.0764. The molecule has 0 bridgehead atoms. The van der Waals surface area contributed by atoms with Crippen LogP contribution in [0.3, 0.4) is 0 Å². The van der Waals surface area contributed by atoms with Crippen LogP contribution in [0.5, 0.6) is 0 Å². The van der Waals surface area contributed by atoms with Crippen molar-refractivity contribution < 1.29 is 14.6 Å². The van der Waals surface area contributed by atoms with E-state index in [1.54, 1.807) is 11.0 Å². The molecule has 0 radical (unpaired) electrons. The van der Waals surface area contributed by atoms with E-state index in [1.807, 2.05) is 56.3 Å². The molecule has 4 nitrogen and oxygen atoms in total. The molecule has 4 atom stereocenters. The molecule has 2 aliphatic rings. The molecule has 1 amide bonds. The van der Waals surface area contributed by atoms with Crippen molar-refractivity contribution in [3.8, 4) is 0 Å².